The van der Waals surface area contributed by atoms with E-state index in [1.165, 1.54) is 34.4 Å². The van der Waals surface area contributed by atoms with E-state index in [2.05, 4.69) is 4.72 Å². The maximum absolute atomic E-state index is 14.5. The number of hydrogen-bond acceptors (Lipinski definition) is 5. The van der Waals surface area contributed by atoms with Gasteiger partial charge in [-0.15, -0.1) is 11.3 Å². The van der Waals surface area contributed by atoms with Gasteiger partial charge < -0.3 is 9.80 Å². The lowest BCUT2D eigenvalue weighted by Gasteiger charge is -2.19. The van der Waals surface area contributed by atoms with E-state index in [1.807, 2.05) is 0 Å². The van der Waals surface area contributed by atoms with Crippen LogP contribution in [-0.4, -0.2) is 51.5 Å². The van der Waals surface area contributed by atoms with Crippen molar-refractivity contribution in [3.63, 3.8) is 0 Å². The lowest BCUT2D eigenvalue weighted by molar-refractivity contribution is -0.114. The topological polar surface area (TPSA) is 86.8 Å². The van der Waals surface area contributed by atoms with Gasteiger partial charge >= 0.3 is 0 Å². The van der Waals surface area contributed by atoms with Crippen molar-refractivity contribution in [2.24, 2.45) is 0 Å². The van der Waals surface area contributed by atoms with Gasteiger partial charge in [-0.2, -0.15) is 0 Å². The van der Waals surface area contributed by atoms with Gasteiger partial charge in [0.15, 0.2) is 0 Å². The van der Waals surface area contributed by atoms with Crippen LogP contribution in [0, 0.1) is 5.82 Å². The molecule has 0 aliphatic carbocycles. The van der Waals surface area contributed by atoms with Gasteiger partial charge in [-0.1, -0.05) is 11.6 Å². The fourth-order valence-electron chi connectivity index (χ4n) is 2.85. The standard InChI is InChI=1S/C19H19ClFN3O4S2/c1-23(2)18(25)12-3-5-16(14(21)11-12)24-9-7-15(19(24)26)22-30(27,28)10-8-13-4-6-17(20)29-13/h3-7,11,22H,8-10H2,1-2H3. The Morgan fingerprint density at radius 1 is 1.30 bits per heavy atom. The number of nitrogens with zero attached hydrogens (tertiary/aromatic N) is 2. The third-order valence-corrected chi connectivity index (χ3v) is 6.92. The first kappa shape index (κ1) is 22.3. The van der Waals surface area contributed by atoms with Crippen LogP contribution in [0.3, 0.4) is 0 Å². The van der Waals surface area contributed by atoms with Crippen molar-refractivity contribution in [1.82, 2.24) is 9.62 Å². The molecule has 1 aliphatic rings. The molecule has 7 nitrogen and oxygen atoms in total. The Hall–Kier alpha value is -2.43. The van der Waals surface area contributed by atoms with E-state index in [-0.39, 0.29) is 41.6 Å². The second-order valence-corrected chi connectivity index (χ2v) is 10.4. The van der Waals surface area contributed by atoms with Crippen molar-refractivity contribution in [1.29, 1.82) is 0 Å². The van der Waals surface area contributed by atoms with Crippen LogP contribution in [0.2, 0.25) is 4.34 Å². The first-order chi connectivity index (χ1) is 14.1. The first-order valence-corrected chi connectivity index (χ1v) is 11.7. The fourth-order valence-corrected chi connectivity index (χ4v) is 5.16. The van der Waals surface area contributed by atoms with Gasteiger partial charge in [-0.05, 0) is 42.8 Å². The molecule has 0 fully saturated rings. The van der Waals surface area contributed by atoms with E-state index in [0.717, 1.165) is 15.8 Å². The summed E-state index contributed by atoms with van der Waals surface area (Å²) < 4.78 is 42.1. The molecule has 0 unspecified atom stereocenters. The molecule has 0 spiro atoms. The van der Waals surface area contributed by atoms with Crippen LogP contribution in [0.5, 0.6) is 0 Å². The minimum absolute atomic E-state index is 0.00904. The smallest absolute Gasteiger partial charge is 0.275 e. The Morgan fingerprint density at radius 2 is 2.03 bits per heavy atom. The molecule has 0 atom stereocenters. The van der Waals surface area contributed by atoms with Crippen molar-refractivity contribution >= 4 is 50.5 Å². The number of amides is 2. The quantitative estimate of drug-likeness (QED) is 0.672. The van der Waals surface area contributed by atoms with Crippen LogP contribution in [0.25, 0.3) is 0 Å². The third kappa shape index (κ3) is 5.00. The summed E-state index contributed by atoms with van der Waals surface area (Å²) in [6.07, 6.45) is 1.65. The summed E-state index contributed by atoms with van der Waals surface area (Å²) in [5.74, 6) is -2.00. The van der Waals surface area contributed by atoms with E-state index in [1.54, 1.807) is 26.2 Å². The largest absolute Gasteiger partial charge is 0.345 e. The van der Waals surface area contributed by atoms with Gasteiger partial charge in [0.05, 0.1) is 15.8 Å². The second kappa shape index (κ2) is 8.75. The predicted octanol–water partition coefficient (Wildman–Crippen LogP) is 2.64. The number of rotatable bonds is 7. The highest BCUT2D eigenvalue weighted by molar-refractivity contribution is 7.89. The summed E-state index contributed by atoms with van der Waals surface area (Å²) in [4.78, 5) is 27.8. The molecular formula is C19H19ClFN3O4S2. The molecule has 30 heavy (non-hydrogen) atoms. The van der Waals surface area contributed by atoms with Gasteiger partial charge in [0.1, 0.15) is 11.5 Å². The number of sulfonamides is 1. The highest BCUT2D eigenvalue weighted by Gasteiger charge is 2.30. The predicted molar refractivity (Wildman–Crippen MR) is 115 cm³/mol. The van der Waals surface area contributed by atoms with Gasteiger partial charge in [0, 0.05) is 31.1 Å². The molecule has 11 heteroatoms. The maximum Gasteiger partial charge on any atom is 0.275 e. The van der Waals surface area contributed by atoms with Crippen molar-refractivity contribution in [2.45, 2.75) is 6.42 Å². The number of carbonyl (C=O) groups excluding carboxylic acids is 2. The lowest BCUT2D eigenvalue weighted by Crippen LogP contribution is -2.35. The third-order valence-electron chi connectivity index (χ3n) is 4.36. The van der Waals surface area contributed by atoms with Crippen LogP contribution in [-0.2, 0) is 21.2 Å². The van der Waals surface area contributed by atoms with E-state index in [9.17, 15) is 22.4 Å². The van der Waals surface area contributed by atoms with E-state index in [0.29, 0.717) is 4.34 Å². The van der Waals surface area contributed by atoms with Crippen molar-refractivity contribution < 1.29 is 22.4 Å². The zero-order valence-corrected chi connectivity index (χ0v) is 18.6. The Bertz CT molecular complexity index is 1130. The number of anilines is 1. The van der Waals surface area contributed by atoms with Crippen LogP contribution in [0.15, 0.2) is 42.1 Å². The fraction of sp³-hybridized carbons (Fsp3) is 0.263. The van der Waals surface area contributed by atoms with Crippen molar-refractivity contribution in [3.05, 3.63) is 62.7 Å². The zero-order chi connectivity index (χ0) is 22.1. The number of aryl methyl sites for hydroxylation is 1. The number of nitrogens with one attached hydrogen (secondary N) is 1. The van der Waals surface area contributed by atoms with Crippen LogP contribution in [0.1, 0.15) is 15.2 Å². The monoisotopic (exact) mass is 471 g/mol. The number of carbonyl (C=O) groups is 2. The molecule has 1 N–H and O–H groups in total. The highest BCUT2D eigenvalue weighted by Crippen LogP contribution is 2.26. The summed E-state index contributed by atoms with van der Waals surface area (Å²) in [6, 6.07) is 7.24. The molecule has 0 radical (unpaired) electrons. The van der Waals surface area contributed by atoms with Gasteiger partial charge in [0.25, 0.3) is 11.8 Å². The molecule has 2 amide bonds. The number of thiophene rings is 1. The first-order valence-electron chi connectivity index (χ1n) is 8.85. The SMILES string of the molecule is CN(C)C(=O)c1ccc(N2CC=C(NS(=O)(=O)CCc3ccc(Cl)s3)C2=O)c(F)c1. The molecule has 0 saturated heterocycles. The Kier molecular flexibility index (Phi) is 6.49. The summed E-state index contributed by atoms with van der Waals surface area (Å²) >= 11 is 7.13. The lowest BCUT2D eigenvalue weighted by atomic mass is 10.1. The van der Waals surface area contributed by atoms with E-state index in [4.69, 9.17) is 11.6 Å². The molecule has 2 heterocycles. The minimum atomic E-state index is -3.78. The molecular weight excluding hydrogens is 453 g/mol. The van der Waals surface area contributed by atoms with Crippen molar-refractivity contribution in [2.75, 3.05) is 31.3 Å². The summed E-state index contributed by atoms with van der Waals surface area (Å²) in [5.41, 5.74) is -0.0171. The Morgan fingerprint density at radius 3 is 2.63 bits per heavy atom. The second-order valence-electron chi connectivity index (χ2n) is 6.78. The molecule has 3 rings (SSSR count). The maximum atomic E-state index is 14.5. The number of halogens is 2. The normalized spacial score (nSPS) is 14.1. The Balaban J connectivity index is 1.67. The van der Waals surface area contributed by atoms with E-state index < -0.39 is 21.7 Å². The summed E-state index contributed by atoms with van der Waals surface area (Å²) in [6.45, 7) is 0.00904. The zero-order valence-electron chi connectivity index (χ0n) is 16.2. The number of hydrogen-bond donors (Lipinski definition) is 1. The van der Waals surface area contributed by atoms with Gasteiger partial charge in [-0.25, -0.2) is 12.8 Å². The molecule has 0 bridgehead atoms. The van der Waals surface area contributed by atoms with Crippen LogP contribution < -0.4 is 9.62 Å². The molecule has 1 aliphatic heterocycles. The van der Waals surface area contributed by atoms with Crippen LogP contribution >= 0.6 is 22.9 Å². The summed E-state index contributed by atoms with van der Waals surface area (Å²) in [7, 11) is -0.678. The van der Waals surface area contributed by atoms with Gasteiger partial charge in [-0.3, -0.25) is 14.3 Å². The van der Waals surface area contributed by atoms with Crippen LogP contribution in [0.4, 0.5) is 10.1 Å². The highest BCUT2D eigenvalue weighted by atomic mass is 35.5. The molecule has 1 aromatic carbocycles. The Labute approximate surface area is 182 Å². The summed E-state index contributed by atoms with van der Waals surface area (Å²) in [5, 5.41) is 0. The minimum Gasteiger partial charge on any atom is -0.345 e. The average Bonchev–Trinajstić information content (AvgIpc) is 3.25. The van der Waals surface area contributed by atoms with Gasteiger partial charge in [0.2, 0.25) is 10.0 Å². The molecule has 2 aromatic rings. The average molecular weight is 472 g/mol. The molecule has 160 valence electrons. The number of benzene rings is 1. The molecule has 0 saturated carbocycles. The van der Waals surface area contributed by atoms with Crippen molar-refractivity contribution in [3.8, 4) is 0 Å². The molecule has 1 aromatic heterocycles. The van der Waals surface area contributed by atoms with E-state index >= 15 is 0 Å².